The Balaban J connectivity index is 2.09. The molecule has 21 heavy (non-hydrogen) atoms. The van der Waals surface area contributed by atoms with Crippen LogP contribution in [0.2, 0.25) is 0 Å². The van der Waals surface area contributed by atoms with Gasteiger partial charge in [0.15, 0.2) is 5.82 Å². The molecule has 0 amide bonds. The summed E-state index contributed by atoms with van der Waals surface area (Å²) in [5.41, 5.74) is 7.04. The van der Waals surface area contributed by atoms with Crippen molar-refractivity contribution in [2.24, 2.45) is 0 Å². The highest BCUT2D eigenvalue weighted by molar-refractivity contribution is 5.81. The molecular weight excluding hydrogens is 279 g/mol. The Kier molecular flexibility index (Phi) is 3.01. The summed E-state index contributed by atoms with van der Waals surface area (Å²) in [5.74, 6) is 0.168. The van der Waals surface area contributed by atoms with Crippen LogP contribution in [0.1, 0.15) is 5.56 Å². The quantitative estimate of drug-likeness (QED) is 0.743. The van der Waals surface area contributed by atoms with Gasteiger partial charge < -0.3 is 5.73 Å². The van der Waals surface area contributed by atoms with Crippen molar-refractivity contribution in [3.63, 3.8) is 0 Å². The first kappa shape index (κ1) is 13.4. The highest BCUT2D eigenvalue weighted by Crippen LogP contribution is 2.31. The van der Waals surface area contributed by atoms with Gasteiger partial charge >= 0.3 is 6.18 Å². The highest BCUT2D eigenvalue weighted by atomic mass is 19.4. The van der Waals surface area contributed by atoms with Gasteiger partial charge in [0.2, 0.25) is 0 Å². The molecule has 3 nitrogen and oxygen atoms in total. The number of rotatable bonds is 1. The lowest BCUT2D eigenvalue weighted by Crippen LogP contribution is -2.04. The fourth-order valence-corrected chi connectivity index (χ4v) is 1.98. The van der Waals surface area contributed by atoms with E-state index in [1.54, 1.807) is 18.2 Å². The van der Waals surface area contributed by atoms with Gasteiger partial charge in [-0.15, -0.1) is 0 Å². The van der Waals surface area contributed by atoms with E-state index in [4.69, 9.17) is 5.73 Å². The Morgan fingerprint density at radius 2 is 1.71 bits per heavy atom. The second kappa shape index (κ2) is 4.73. The largest absolute Gasteiger partial charge is 0.416 e. The molecular formula is C15H9F3N3. The number of nitrogens with two attached hydrogens (primary N) is 1. The zero-order valence-electron chi connectivity index (χ0n) is 10.6. The third-order valence-corrected chi connectivity index (χ3v) is 3.01. The Labute approximate surface area is 118 Å². The first-order chi connectivity index (χ1) is 9.95. The number of hydrogen-bond acceptors (Lipinski definition) is 3. The van der Waals surface area contributed by atoms with Crippen molar-refractivity contribution in [1.82, 2.24) is 9.97 Å². The van der Waals surface area contributed by atoms with Crippen molar-refractivity contribution in [2.45, 2.75) is 6.18 Å². The number of halogens is 3. The predicted octanol–water partition coefficient (Wildman–Crippen LogP) is 3.70. The van der Waals surface area contributed by atoms with Gasteiger partial charge in [-0.2, -0.15) is 13.2 Å². The van der Waals surface area contributed by atoms with Gasteiger partial charge in [-0.05, 0) is 18.2 Å². The van der Waals surface area contributed by atoms with Crippen molar-refractivity contribution in [3.05, 3.63) is 54.1 Å². The maximum absolute atomic E-state index is 12.6. The van der Waals surface area contributed by atoms with E-state index in [9.17, 15) is 13.2 Å². The molecule has 0 unspecified atom stereocenters. The van der Waals surface area contributed by atoms with Crippen LogP contribution >= 0.6 is 0 Å². The van der Waals surface area contributed by atoms with Gasteiger partial charge in [0.05, 0.1) is 16.6 Å². The molecule has 1 heterocycles. The first-order valence-electron chi connectivity index (χ1n) is 6.07. The number of para-hydroxylation sites is 1. The molecule has 3 rings (SSSR count). The minimum Gasteiger partial charge on any atom is -0.382 e. The Morgan fingerprint density at radius 1 is 1.00 bits per heavy atom. The fraction of sp³-hybridized carbons (Fsp3) is 0.0667. The Bertz CT molecular complexity index is 795. The molecule has 0 spiro atoms. The minimum absolute atomic E-state index is 0.168. The van der Waals surface area contributed by atoms with E-state index >= 15 is 0 Å². The third kappa shape index (κ3) is 2.52. The van der Waals surface area contributed by atoms with E-state index in [1.165, 1.54) is 12.1 Å². The molecule has 0 aliphatic heterocycles. The minimum atomic E-state index is -4.37. The summed E-state index contributed by atoms with van der Waals surface area (Å²) in [5, 5.41) is 0. The molecule has 0 saturated heterocycles. The van der Waals surface area contributed by atoms with Gasteiger partial charge in [-0.3, -0.25) is 0 Å². The summed E-state index contributed by atoms with van der Waals surface area (Å²) in [7, 11) is 0. The SMILES string of the molecule is Nc1nc2ccc[c]c2nc1-c1ccc(C(F)(F)F)cc1. The van der Waals surface area contributed by atoms with Gasteiger partial charge in [0, 0.05) is 11.6 Å². The number of nitrogen functional groups attached to an aromatic ring is 1. The molecule has 0 aliphatic carbocycles. The molecule has 3 aromatic rings. The number of anilines is 1. The van der Waals surface area contributed by atoms with Crippen LogP contribution in [0.5, 0.6) is 0 Å². The zero-order chi connectivity index (χ0) is 15.0. The van der Waals surface area contributed by atoms with Crippen LogP contribution in [0.4, 0.5) is 19.0 Å². The second-order valence-electron chi connectivity index (χ2n) is 4.44. The van der Waals surface area contributed by atoms with Crippen LogP contribution in [0.15, 0.2) is 42.5 Å². The number of aromatic nitrogens is 2. The van der Waals surface area contributed by atoms with Gasteiger partial charge in [-0.1, -0.05) is 24.3 Å². The molecule has 1 radical (unpaired) electrons. The summed E-state index contributed by atoms with van der Waals surface area (Å²) in [6.45, 7) is 0. The molecule has 0 fully saturated rings. The van der Waals surface area contributed by atoms with Crippen molar-refractivity contribution in [3.8, 4) is 11.3 Å². The average molecular weight is 288 g/mol. The molecule has 6 heteroatoms. The number of alkyl halides is 3. The lowest BCUT2D eigenvalue weighted by Gasteiger charge is -2.09. The lowest BCUT2D eigenvalue weighted by atomic mass is 10.1. The number of nitrogens with zero attached hydrogens (tertiary/aromatic N) is 2. The molecule has 0 aliphatic rings. The number of hydrogen-bond donors (Lipinski definition) is 1. The second-order valence-corrected chi connectivity index (χ2v) is 4.44. The summed E-state index contributed by atoms with van der Waals surface area (Å²) < 4.78 is 37.7. The highest BCUT2D eigenvalue weighted by Gasteiger charge is 2.30. The normalized spacial score (nSPS) is 11.8. The number of benzene rings is 2. The maximum Gasteiger partial charge on any atom is 0.416 e. The summed E-state index contributed by atoms with van der Waals surface area (Å²) in [6, 6.07) is 12.8. The van der Waals surface area contributed by atoms with E-state index < -0.39 is 11.7 Å². The first-order valence-corrected chi connectivity index (χ1v) is 6.07. The van der Waals surface area contributed by atoms with Gasteiger partial charge in [-0.25, -0.2) is 9.97 Å². The van der Waals surface area contributed by atoms with Crippen LogP contribution in [0.3, 0.4) is 0 Å². The molecule has 105 valence electrons. The monoisotopic (exact) mass is 288 g/mol. The van der Waals surface area contributed by atoms with E-state index in [1.807, 2.05) is 0 Å². The van der Waals surface area contributed by atoms with E-state index in [0.717, 1.165) is 12.1 Å². The number of fused-ring (bicyclic) bond motifs is 1. The Morgan fingerprint density at radius 3 is 2.38 bits per heavy atom. The predicted molar refractivity (Wildman–Crippen MR) is 73.2 cm³/mol. The molecule has 0 bridgehead atoms. The zero-order valence-corrected chi connectivity index (χ0v) is 10.6. The molecule has 1 aromatic heterocycles. The van der Waals surface area contributed by atoms with Crippen LogP contribution < -0.4 is 5.73 Å². The fourth-order valence-electron chi connectivity index (χ4n) is 1.98. The van der Waals surface area contributed by atoms with Crippen molar-refractivity contribution in [2.75, 3.05) is 5.73 Å². The smallest absolute Gasteiger partial charge is 0.382 e. The topological polar surface area (TPSA) is 51.8 Å². The van der Waals surface area contributed by atoms with E-state index in [2.05, 4.69) is 16.0 Å². The van der Waals surface area contributed by atoms with Crippen LogP contribution in [-0.4, -0.2) is 9.97 Å². The van der Waals surface area contributed by atoms with Gasteiger partial charge in [0.1, 0.15) is 5.69 Å². The summed E-state index contributed by atoms with van der Waals surface area (Å²) in [6.07, 6.45) is -4.37. The van der Waals surface area contributed by atoms with Crippen LogP contribution in [0.25, 0.3) is 22.3 Å². The van der Waals surface area contributed by atoms with Crippen molar-refractivity contribution >= 4 is 16.9 Å². The lowest BCUT2D eigenvalue weighted by molar-refractivity contribution is -0.137. The Hall–Kier alpha value is -2.63. The van der Waals surface area contributed by atoms with Crippen LogP contribution in [0, 0.1) is 6.07 Å². The molecule has 0 saturated carbocycles. The summed E-state index contributed by atoms with van der Waals surface area (Å²) in [4.78, 5) is 8.50. The molecule has 0 atom stereocenters. The average Bonchev–Trinajstić information content (AvgIpc) is 2.46. The third-order valence-electron chi connectivity index (χ3n) is 3.01. The van der Waals surface area contributed by atoms with Crippen molar-refractivity contribution < 1.29 is 13.2 Å². The molecule has 2 N–H and O–H groups in total. The van der Waals surface area contributed by atoms with Gasteiger partial charge in [0.25, 0.3) is 0 Å². The van der Waals surface area contributed by atoms with E-state index in [-0.39, 0.29) is 5.82 Å². The maximum atomic E-state index is 12.6. The van der Waals surface area contributed by atoms with E-state index in [0.29, 0.717) is 22.3 Å². The van der Waals surface area contributed by atoms with Crippen LogP contribution in [-0.2, 0) is 6.18 Å². The molecule has 2 aromatic carbocycles. The summed E-state index contributed by atoms with van der Waals surface area (Å²) >= 11 is 0. The standard InChI is InChI=1S/C15H9F3N3/c16-15(17,18)10-7-5-9(6-8-10)13-14(19)21-12-4-2-1-3-11(12)20-13/h1-2,4-8H,(H2,19,21). The van der Waals surface area contributed by atoms with Crippen molar-refractivity contribution in [1.29, 1.82) is 0 Å².